The lowest BCUT2D eigenvalue weighted by molar-refractivity contribution is -0.139. The smallest absolute Gasteiger partial charge is 0.409 e. The zero-order chi connectivity index (χ0) is 18.7. The topological polar surface area (TPSA) is 79.4 Å². The van der Waals surface area contributed by atoms with Gasteiger partial charge < -0.3 is 24.2 Å². The molecular weight excluding hydrogens is 338 g/mol. The van der Waals surface area contributed by atoms with Crippen molar-refractivity contribution < 1.29 is 23.9 Å². The molecule has 8 heteroatoms. The van der Waals surface area contributed by atoms with Crippen LogP contribution in [0, 0.1) is 0 Å². The molecule has 0 spiro atoms. The van der Waals surface area contributed by atoms with Crippen molar-refractivity contribution in [2.45, 2.75) is 19.4 Å². The van der Waals surface area contributed by atoms with E-state index in [0.29, 0.717) is 44.2 Å². The van der Waals surface area contributed by atoms with Gasteiger partial charge in [-0.1, -0.05) is 12.1 Å². The minimum Gasteiger partial charge on any atom is -0.478 e. The number of likely N-dealkylation sites (N-methyl/N-ethyl adjacent to an activating group) is 1. The zero-order valence-corrected chi connectivity index (χ0v) is 15.0. The Morgan fingerprint density at radius 1 is 1.15 bits per heavy atom. The van der Waals surface area contributed by atoms with Crippen molar-refractivity contribution in [2.75, 3.05) is 44.7 Å². The Bertz CT molecular complexity index is 700. The maximum atomic E-state index is 12.6. The number of carbonyl (C=O) groups is 3. The van der Waals surface area contributed by atoms with Crippen LogP contribution in [-0.4, -0.2) is 73.6 Å². The first-order valence-corrected chi connectivity index (χ1v) is 8.74. The number of hydrogen-bond donors (Lipinski definition) is 0. The van der Waals surface area contributed by atoms with Gasteiger partial charge in [-0.05, 0) is 19.1 Å². The quantitative estimate of drug-likeness (QED) is 0.806. The second-order valence-electron chi connectivity index (χ2n) is 6.24. The number of rotatable bonds is 3. The molecule has 0 bridgehead atoms. The van der Waals surface area contributed by atoms with E-state index in [-0.39, 0.29) is 24.3 Å². The van der Waals surface area contributed by atoms with Gasteiger partial charge in [-0.15, -0.1) is 0 Å². The van der Waals surface area contributed by atoms with E-state index in [1.807, 2.05) is 12.1 Å². The van der Waals surface area contributed by atoms with E-state index in [9.17, 15) is 14.4 Å². The van der Waals surface area contributed by atoms with Gasteiger partial charge in [-0.25, -0.2) is 4.79 Å². The first kappa shape index (κ1) is 18.0. The van der Waals surface area contributed by atoms with Crippen LogP contribution in [0.2, 0.25) is 0 Å². The van der Waals surface area contributed by atoms with E-state index in [2.05, 4.69) is 0 Å². The third-order valence-electron chi connectivity index (χ3n) is 4.62. The van der Waals surface area contributed by atoms with Crippen LogP contribution < -0.4 is 9.64 Å². The summed E-state index contributed by atoms with van der Waals surface area (Å²) in [4.78, 5) is 41.5. The van der Waals surface area contributed by atoms with E-state index in [4.69, 9.17) is 9.47 Å². The first-order chi connectivity index (χ1) is 12.5. The maximum absolute atomic E-state index is 12.6. The largest absolute Gasteiger partial charge is 0.478 e. The molecule has 1 atom stereocenters. The Balaban J connectivity index is 1.57. The Morgan fingerprint density at radius 2 is 1.81 bits per heavy atom. The SMILES string of the molecule is CCOC(=O)N1CCN(C(=O)CC2Oc3ccccc3N(C)C2=O)CC1. The minimum atomic E-state index is -0.828. The van der Waals surface area contributed by atoms with Crippen LogP contribution in [0.1, 0.15) is 13.3 Å². The summed E-state index contributed by atoms with van der Waals surface area (Å²) < 4.78 is 10.7. The molecule has 1 fully saturated rings. The van der Waals surface area contributed by atoms with Crippen LogP contribution in [0.4, 0.5) is 10.5 Å². The number of ether oxygens (including phenoxy) is 2. The molecule has 3 rings (SSSR count). The van der Waals surface area contributed by atoms with Gasteiger partial charge in [0.15, 0.2) is 6.10 Å². The molecule has 8 nitrogen and oxygen atoms in total. The highest BCUT2D eigenvalue weighted by Gasteiger charge is 2.35. The number of para-hydroxylation sites is 2. The third kappa shape index (κ3) is 3.58. The molecule has 26 heavy (non-hydrogen) atoms. The van der Waals surface area contributed by atoms with E-state index in [1.54, 1.807) is 35.9 Å². The molecule has 140 valence electrons. The highest BCUT2D eigenvalue weighted by molar-refractivity contribution is 6.01. The Kier molecular flexibility index (Phi) is 5.29. The molecule has 0 radical (unpaired) electrons. The molecule has 0 saturated carbocycles. The van der Waals surface area contributed by atoms with Crippen LogP contribution in [0.5, 0.6) is 5.75 Å². The van der Waals surface area contributed by atoms with Crippen molar-refractivity contribution in [2.24, 2.45) is 0 Å². The van der Waals surface area contributed by atoms with E-state index >= 15 is 0 Å². The molecule has 0 aliphatic carbocycles. The third-order valence-corrected chi connectivity index (χ3v) is 4.62. The summed E-state index contributed by atoms with van der Waals surface area (Å²) >= 11 is 0. The maximum Gasteiger partial charge on any atom is 0.409 e. The van der Waals surface area contributed by atoms with Gasteiger partial charge in [0.1, 0.15) is 5.75 Å². The number of carbonyl (C=O) groups excluding carboxylic acids is 3. The summed E-state index contributed by atoms with van der Waals surface area (Å²) in [5.41, 5.74) is 0.698. The van der Waals surface area contributed by atoms with Gasteiger partial charge in [0.2, 0.25) is 5.91 Å². The number of benzene rings is 1. The number of fused-ring (bicyclic) bond motifs is 1. The fourth-order valence-corrected chi connectivity index (χ4v) is 3.14. The van der Waals surface area contributed by atoms with Gasteiger partial charge in [0.05, 0.1) is 18.7 Å². The lowest BCUT2D eigenvalue weighted by Gasteiger charge is -2.36. The molecular formula is C18H23N3O5. The normalized spacial score (nSPS) is 19.7. The number of nitrogens with zero attached hydrogens (tertiary/aromatic N) is 3. The van der Waals surface area contributed by atoms with Crippen molar-refractivity contribution >= 4 is 23.6 Å². The molecule has 2 heterocycles. The van der Waals surface area contributed by atoms with Crippen molar-refractivity contribution in [3.8, 4) is 5.75 Å². The highest BCUT2D eigenvalue weighted by atomic mass is 16.6. The van der Waals surface area contributed by atoms with Crippen LogP contribution in [0.3, 0.4) is 0 Å². The second kappa shape index (κ2) is 7.63. The van der Waals surface area contributed by atoms with Gasteiger partial charge >= 0.3 is 6.09 Å². The summed E-state index contributed by atoms with van der Waals surface area (Å²) in [6.07, 6.45) is -1.20. The molecule has 0 N–H and O–H groups in total. The Labute approximate surface area is 152 Å². The summed E-state index contributed by atoms with van der Waals surface area (Å²) in [5, 5.41) is 0. The van der Waals surface area contributed by atoms with Crippen molar-refractivity contribution in [1.82, 2.24) is 9.80 Å². The van der Waals surface area contributed by atoms with Gasteiger partial charge in [0.25, 0.3) is 5.91 Å². The molecule has 2 aliphatic heterocycles. The Morgan fingerprint density at radius 3 is 2.50 bits per heavy atom. The lowest BCUT2D eigenvalue weighted by atomic mass is 10.1. The summed E-state index contributed by atoms with van der Waals surface area (Å²) in [6.45, 7) is 3.78. The van der Waals surface area contributed by atoms with Crippen LogP contribution in [-0.2, 0) is 14.3 Å². The summed E-state index contributed by atoms with van der Waals surface area (Å²) in [7, 11) is 1.68. The van der Waals surface area contributed by atoms with Crippen molar-refractivity contribution in [3.63, 3.8) is 0 Å². The lowest BCUT2D eigenvalue weighted by Crippen LogP contribution is -2.52. The molecule has 3 amide bonds. The van der Waals surface area contributed by atoms with Gasteiger partial charge in [-0.3, -0.25) is 9.59 Å². The first-order valence-electron chi connectivity index (χ1n) is 8.74. The molecule has 1 saturated heterocycles. The van der Waals surface area contributed by atoms with Crippen LogP contribution in [0.15, 0.2) is 24.3 Å². The van der Waals surface area contributed by atoms with Gasteiger partial charge in [-0.2, -0.15) is 0 Å². The molecule has 1 unspecified atom stereocenters. The van der Waals surface area contributed by atoms with Gasteiger partial charge in [0, 0.05) is 33.2 Å². The van der Waals surface area contributed by atoms with E-state index in [1.165, 1.54) is 4.90 Å². The monoisotopic (exact) mass is 361 g/mol. The predicted octanol–water partition coefficient (Wildman–Crippen LogP) is 1.10. The average molecular weight is 361 g/mol. The van der Waals surface area contributed by atoms with Crippen molar-refractivity contribution in [3.05, 3.63) is 24.3 Å². The number of anilines is 1. The molecule has 0 aromatic heterocycles. The zero-order valence-electron chi connectivity index (χ0n) is 15.0. The second-order valence-corrected chi connectivity index (χ2v) is 6.24. The van der Waals surface area contributed by atoms with Crippen LogP contribution >= 0.6 is 0 Å². The standard InChI is InChI=1S/C18H23N3O5/c1-3-25-18(24)21-10-8-20(9-11-21)16(22)12-15-17(23)19(2)13-6-4-5-7-14(13)26-15/h4-7,15H,3,8-12H2,1-2H3. The minimum absolute atomic E-state index is 0.0170. The number of piperazine rings is 1. The van der Waals surface area contributed by atoms with Crippen molar-refractivity contribution in [1.29, 1.82) is 0 Å². The summed E-state index contributed by atoms with van der Waals surface area (Å²) in [6, 6.07) is 7.25. The molecule has 1 aromatic rings. The number of amides is 3. The fourth-order valence-electron chi connectivity index (χ4n) is 3.14. The van der Waals surface area contributed by atoms with E-state index < -0.39 is 6.10 Å². The van der Waals surface area contributed by atoms with Crippen LogP contribution in [0.25, 0.3) is 0 Å². The van der Waals surface area contributed by atoms with E-state index in [0.717, 1.165) is 0 Å². The fraction of sp³-hybridized carbons (Fsp3) is 0.500. The predicted molar refractivity (Wildman–Crippen MR) is 94.1 cm³/mol. The number of hydrogen-bond acceptors (Lipinski definition) is 5. The molecule has 1 aromatic carbocycles. The average Bonchev–Trinajstić information content (AvgIpc) is 2.66. The summed E-state index contributed by atoms with van der Waals surface area (Å²) in [5.74, 6) is 0.210. The highest BCUT2D eigenvalue weighted by Crippen LogP contribution is 2.33. The Hall–Kier alpha value is -2.77. The molecule has 2 aliphatic rings.